The third-order valence-corrected chi connectivity index (χ3v) is 6.18. The van der Waals surface area contributed by atoms with Gasteiger partial charge >= 0.3 is 0 Å². The summed E-state index contributed by atoms with van der Waals surface area (Å²) in [6, 6.07) is 0. The van der Waals surface area contributed by atoms with Crippen LogP contribution < -0.4 is 11.0 Å². The summed E-state index contributed by atoms with van der Waals surface area (Å²) in [6.45, 7) is -2.90. The monoisotopic (exact) mass is 232 g/mol. The minimum absolute atomic E-state index is 0.829. The molecule has 0 rings (SSSR count). The van der Waals surface area contributed by atoms with Gasteiger partial charge in [-0.3, -0.25) is 11.0 Å². The first kappa shape index (κ1) is 12.4. The molecule has 0 spiro atoms. The van der Waals surface area contributed by atoms with Gasteiger partial charge in [0.05, 0.1) is 0 Å². The molecule has 0 heterocycles. The molecule has 4 N–H and O–H groups in total. The van der Waals surface area contributed by atoms with Crippen molar-refractivity contribution in [3.05, 3.63) is 0 Å². The van der Waals surface area contributed by atoms with Gasteiger partial charge in [0, 0.05) is 21.1 Å². The van der Waals surface area contributed by atoms with Crippen molar-refractivity contribution in [3.8, 4) is 0 Å². The van der Waals surface area contributed by atoms with Gasteiger partial charge in [0.15, 0.2) is 0 Å². The van der Waals surface area contributed by atoms with E-state index in [0.717, 1.165) is 8.38 Å². The second-order valence-electron chi connectivity index (χ2n) is 2.40. The van der Waals surface area contributed by atoms with Gasteiger partial charge in [-0.1, -0.05) is 0 Å². The SMILES string of the molecule is CN(C)S(=O)(=O)N(C)P(N)(N)=S. The molecule has 0 radical (unpaired) electrons. The van der Waals surface area contributed by atoms with Crippen molar-refractivity contribution in [2.45, 2.75) is 0 Å². The summed E-state index contributed by atoms with van der Waals surface area (Å²) < 4.78 is 24.5. The summed E-state index contributed by atoms with van der Waals surface area (Å²) in [5, 5.41) is 0. The van der Waals surface area contributed by atoms with Crippen molar-refractivity contribution >= 4 is 28.5 Å². The van der Waals surface area contributed by atoms with Gasteiger partial charge in [-0.2, -0.15) is 12.7 Å². The first-order valence-corrected chi connectivity index (χ1v) is 7.23. The van der Waals surface area contributed by atoms with Crippen LogP contribution in [0.2, 0.25) is 0 Å². The Bertz CT molecular complexity index is 293. The van der Waals surface area contributed by atoms with E-state index in [4.69, 9.17) is 11.0 Å². The van der Waals surface area contributed by atoms with Gasteiger partial charge < -0.3 is 0 Å². The van der Waals surface area contributed by atoms with E-state index in [1.165, 1.54) is 21.1 Å². The van der Waals surface area contributed by atoms with E-state index in [-0.39, 0.29) is 0 Å². The highest BCUT2D eigenvalue weighted by Gasteiger charge is 2.27. The van der Waals surface area contributed by atoms with Crippen molar-refractivity contribution in [2.75, 3.05) is 21.1 Å². The molecule has 0 aromatic carbocycles. The highest BCUT2D eigenvalue weighted by Crippen LogP contribution is 2.33. The molecule has 0 aliphatic carbocycles. The number of hydrogen-bond acceptors (Lipinski definition) is 3. The van der Waals surface area contributed by atoms with Crippen molar-refractivity contribution in [3.63, 3.8) is 0 Å². The molecule has 0 amide bonds. The molecule has 0 bridgehead atoms. The van der Waals surface area contributed by atoms with Crippen LogP contribution in [0, 0.1) is 0 Å². The average molecular weight is 232 g/mol. The zero-order valence-corrected chi connectivity index (χ0v) is 9.66. The van der Waals surface area contributed by atoms with E-state index in [1.54, 1.807) is 0 Å². The van der Waals surface area contributed by atoms with Crippen molar-refractivity contribution < 1.29 is 8.42 Å². The molecule has 9 heteroatoms. The fourth-order valence-electron chi connectivity index (χ4n) is 0.398. The summed E-state index contributed by atoms with van der Waals surface area (Å²) in [5.41, 5.74) is 10.7. The Kier molecular flexibility index (Phi) is 3.80. The van der Waals surface area contributed by atoms with Crippen molar-refractivity contribution in [2.24, 2.45) is 11.0 Å². The first-order chi connectivity index (χ1) is 5.10. The van der Waals surface area contributed by atoms with Crippen LogP contribution in [0.4, 0.5) is 0 Å². The summed E-state index contributed by atoms with van der Waals surface area (Å²) in [4.78, 5) is 0. The predicted molar refractivity (Wildman–Crippen MR) is 53.0 cm³/mol. The van der Waals surface area contributed by atoms with Crippen LogP contribution in [0.25, 0.3) is 0 Å². The fraction of sp³-hybridized carbons (Fsp3) is 1.00. The van der Waals surface area contributed by atoms with Gasteiger partial charge in [0.25, 0.3) is 10.2 Å². The second-order valence-corrected chi connectivity index (χ2v) is 8.54. The number of nitrogens with zero attached hydrogens (tertiary/aromatic N) is 2. The maximum Gasteiger partial charge on any atom is 0.287 e. The number of nitrogens with two attached hydrogens (primary N) is 2. The average Bonchev–Trinajstić information content (AvgIpc) is 1.83. The highest BCUT2D eigenvalue weighted by molar-refractivity contribution is 8.15. The third kappa shape index (κ3) is 2.74. The van der Waals surface area contributed by atoms with E-state index in [1.807, 2.05) is 0 Å². The number of rotatable bonds is 3. The molecule has 0 aliphatic heterocycles. The normalized spacial score (nSPS) is 14.2. The second kappa shape index (κ2) is 3.67. The number of hydrogen-bond donors (Lipinski definition) is 2. The standard InChI is InChI=1S/C3H13N4O2PS2/c1-6(2)12(8,9)7(3)10(4,5)11/h1-3H3,(H4,4,5,11). The summed E-state index contributed by atoms with van der Waals surface area (Å²) in [5.74, 6) is 0. The first-order valence-electron chi connectivity index (χ1n) is 2.94. The van der Waals surface area contributed by atoms with Crippen LogP contribution in [0.1, 0.15) is 0 Å². The lowest BCUT2D eigenvalue weighted by Crippen LogP contribution is -2.38. The van der Waals surface area contributed by atoms with Gasteiger partial charge in [-0.25, -0.2) is 0 Å². The van der Waals surface area contributed by atoms with E-state index >= 15 is 0 Å². The van der Waals surface area contributed by atoms with Gasteiger partial charge in [0.1, 0.15) is 6.49 Å². The predicted octanol–water partition coefficient (Wildman–Crippen LogP) is -1.13. The Labute approximate surface area is 77.9 Å². The molecular weight excluding hydrogens is 219 g/mol. The largest absolute Gasteiger partial charge is 0.287 e. The Balaban J connectivity index is 4.98. The van der Waals surface area contributed by atoms with Crippen LogP contribution in [0.15, 0.2) is 0 Å². The molecule has 0 aromatic rings. The quantitative estimate of drug-likeness (QED) is 0.600. The van der Waals surface area contributed by atoms with E-state index < -0.39 is 16.7 Å². The molecule has 0 aromatic heterocycles. The van der Waals surface area contributed by atoms with Crippen LogP contribution in [-0.4, -0.2) is 37.9 Å². The highest BCUT2D eigenvalue weighted by atomic mass is 32.5. The maximum atomic E-state index is 11.3. The molecule has 0 atom stereocenters. The Morgan fingerprint density at radius 3 is 1.67 bits per heavy atom. The lowest BCUT2D eigenvalue weighted by Gasteiger charge is -2.26. The van der Waals surface area contributed by atoms with Crippen LogP contribution >= 0.6 is 6.49 Å². The molecule has 0 saturated heterocycles. The summed E-state index contributed by atoms with van der Waals surface area (Å²) in [7, 11) is 0.473. The Morgan fingerprint density at radius 1 is 1.25 bits per heavy atom. The van der Waals surface area contributed by atoms with E-state index in [0.29, 0.717) is 0 Å². The summed E-state index contributed by atoms with van der Waals surface area (Å²) in [6.07, 6.45) is 0. The molecule has 0 unspecified atom stereocenters. The van der Waals surface area contributed by atoms with Crippen LogP contribution in [0.5, 0.6) is 0 Å². The Morgan fingerprint density at radius 2 is 1.58 bits per heavy atom. The molecular formula is C3H13N4O2PS2. The lowest BCUT2D eigenvalue weighted by molar-refractivity contribution is 0.484. The fourth-order valence-corrected chi connectivity index (χ4v) is 3.36. The minimum atomic E-state index is -3.57. The maximum absolute atomic E-state index is 11.3. The van der Waals surface area contributed by atoms with Gasteiger partial charge in [0.2, 0.25) is 0 Å². The zero-order valence-electron chi connectivity index (χ0n) is 7.13. The molecule has 0 aliphatic rings. The van der Waals surface area contributed by atoms with Gasteiger partial charge in [-0.15, -0.1) is 4.08 Å². The molecule has 6 nitrogen and oxygen atoms in total. The lowest BCUT2D eigenvalue weighted by atomic mass is 11.3. The van der Waals surface area contributed by atoms with E-state index in [2.05, 4.69) is 11.8 Å². The van der Waals surface area contributed by atoms with Crippen molar-refractivity contribution in [1.29, 1.82) is 0 Å². The smallest absolute Gasteiger partial charge is 0.279 e. The van der Waals surface area contributed by atoms with E-state index in [9.17, 15) is 8.42 Å². The van der Waals surface area contributed by atoms with Crippen LogP contribution in [-0.2, 0) is 22.0 Å². The molecule has 12 heavy (non-hydrogen) atoms. The molecule has 74 valence electrons. The topological polar surface area (TPSA) is 92.7 Å². The Hall–Kier alpha value is 0.440. The van der Waals surface area contributed by atoms with Gasteiger partial charge in [-0.05, 0) is 11.8 Å². The zero-order chi connectivity index (χ0) is 10.2. The van der Waals surface area contributed by atoms with Crippen LogP contribution in [0.3, 0.4) is 0 Å². The summed E-state index contributed by atoms with van der Waals surface area (Å²) >= 11 is 4.66. The molecule has 0 fully saturated rings. The molecule has 0 saturated carbocycles. The third-order valence-electron chi connectivity index (χ3n) is 1.24. The minimum Gasteiger partial charge on any atom is -0.279 e. The van der Waals surface area contributed by atoms with Crippen molar-refractivity contribution in [1.82, 2.24) is 8.38 Å².